The standard InChI is InChI=1S/C35H58N2O7/c1-3-5-7-9-10-11-12-13-14-15-16-17-23-27-34(41)44-30(24-20-8-6-4-2)25-21-18-19-22-26-32(39)36-28-33(40)37-31(29-38)35(42)43/h5,7,10-11,13-14,20,24,30-31,38H,3-4,6,8-9,12,15-19,21-23,25-29H2,1-2H3,(H,36,39)(H,37,40)(H,42,43)/b7-5-,11-10-,14-13-,24-20-. The summed E-state index contributed by atoms with van der Waals surface area (Å²) in [4.78, 5) is 47.0. The van der Waals surface area contributed by atoms with E-state index in [4.69, 9.17) is 14.9 Å². The fraction of sp³-hybridized carbons (Fsp3) is 0.657. The van der Waals surface area contributed by atoms with Crippen molar-refractivity contribution in [2.75, 3.05) is 13.2 Å². The van der Waals surface area contributed by atoms with Gasteiger partial charge >= 0.3 is 11.9 Å². The van der Waals surface area contributed by atoms with Crippen LogP contribution in [0.25, 0.3) is 0 Å². The summed E-state index contributed by atoms with van der Waals surface area (Å²) < 4.78 is 5.78. The van der Waals surface area contributed by atoms with Crippen LogP contribution in [0.5, 0.6) is 0 Å². The average Bonchev–Trinajstić information content (AvgIpc) is 3.00. The van der Waals surface area contributed by atoms with E-state index in [9.17, 15) is 19.2 Å². The third-order valence-corrected chi connectivity index (χ3v) is 6.79. The fourth-order valence-corrected chi connectivity index (χ4v) is 4.21. The Morgan fingerprint density at radius 3 is 2.05 bits per heavy atom. The van der Waals surface area contributed by atoms with Crippen molar-refractivity contribution in [2.45, 2.75) is 135 Å². The number of hydrogen-bond donors (Lipinski definition) is 4. The Morgan fingerprint density at radius 1 is 0.727 bits per heavy atom. The van der Waals surface area contributed by atoms with Crippen molar-refractivity contribution in [3.8, 4) is 0 Å². The lowest BCUT2D eigenvalue weighted by Gasteiger charge is -2.15. The number of esters is 1. The van der Waals surface area contributed by atoms with Crippen LogP contribution in [0.2, 0.25) is 0 Å². The second-order valence-electron chi connectivity index (χ2n) is 10.9. The van der Waals surface area contributed by atoms with Gasteiger partial charge in [0.05, 0.1) is 13.2 Å². The van der Waals surface area contributed by atoms with Gasteiger partial charge in [0, 0.05) is 12.8 Å². The normalized spacial score (nSPS) is 13.2. The molecule has 44 heavy (non-hydrogen) atoms. The smallest absolute Gasteiger partial charge is 0.328 e. The highest BCUT2D eigenvalue weighted by Gasteiger charge is 2.18. The number of carbonyl (C=O) groups is 4. The topological polar surface area (TPSA) is 142 Å². The summed E-state index contributed by atoms with van der Waals surface area (Å²) in [5, 5.41) is 22.4. The van der Waals surface area contributed by atoms with Crippen LogP contribution in [0.1, 0.15) is 123 Å². The minimum atomic E-state index is -1.39. The molecular formula is C35H58N2O7. The summed E-state index contributed by atoms with van der Waals surface area (Å²) >= 11 is 0. The number of carboxylic acid groups (broad SMARTS) is 1. The van der Waals surface area contributed by atoms with Crippen molar-refractivity contribution < 1.29 is 34.1 Å². The minimum absolute atomic E-state index is 0.151. The Balaban J connectivity index is 4.19. The van der Waals surface area contributed by atoms with Gasteiger partial charge in [0.25, 0.3) is 0 Å². The Morgan fingerprint density at radius 2 is 1.36 bits per heavy atom. The minimum Gasteiger partial charge on any atom is -0.480 e. The Kier molecular flexibility index (Phi) is 27.7. The third kappa shape index (κ3) is 26.4. The number of amides is 2. The molecule has 2 unspecified atom stereocenters. The first-order chi connectivity index (χ1) is 21.3. The molecule has 0 bridgehead atoms. The van der Waals surface area contributed by atoms with Crippen molar-refractivity contribution in [3.05, 3.63) is 48.6 Å². The van der Waals surface area contributed by atoms with Gasteiger partial charge in [0.2, 0.25) is 11.8 Å². The summed E-state index contributed by atoms with van der Waals surface area (Å²) in [5.74, 6) is -2.46. The molecule has 0 rings (SSSR count). The number of aliphatic carboxylic acids is 1. The van der Waals surface area contributed by atoms with Gasteiger partial charge in [-0.2, -0.15) is 0 Å². The molecule has 0 aromatic heterocycles. The lowest BCUT2D eigenvalue weighted by molar-refractivity contribution is -0.147. The highest BCUT2D eigenvalue weighted by Crippen LogP contribution is 2.14. The predicted molar refractivity (Wildman–Crippen MR) is 176 cm³/mol. The Bertz CT molecular complexity index is 896. The highest BCUT2D eigenvalue weighted by molar-refractivity contribution is 5.87. The van der Waals surface area contributed by atoms with Gasteiger partial charge in [-0.1, -0.05) is 88.5 Å². The van der Waals surface area contributed by atoms with E-state index in [-0.39, 0.29) is 30.9 Å². The highest BCUT2D eigenvalue weighted by atomic mass is 16.5. The molecule has 0 heterocycles. The molecule has 2 atom stereocenters. The molecule has 0 aromatic carbocycles. The lowest BCUT2D eigenvalue weighted by atomic mass is 10.1. The third-order valence-electron chi connectivity index (χ3n) is 6.79. The van der Waals surface area contributed by atoms with Gasteiger partial charge in [0.15, 0.2) is 0 Å². The number of rotatable bonds is 28. The maximum absolute atomic E-state index is 12.5. The second-order valence-corrected chi connectivity index (χ2v) is 10.9. The van der Waals surface area contributed by atoms with Gasteiger partial charge in [-0.3, -0.25) is 14.4 Å². The van der Waals surface area contributed by atoms with Gasteiger partial charge in [-0.25, -0.2) is 4.79 Å². The first kappa shape index (κ1) is 40.8. The molecule has 9 heteroatoms. The van der Waals surface area contributed by atoms with E-state index in [0.29, 0.717) is 12.8 Å². The summed E-state index contributed by atoms with van der Waals surface area (Å²) in [5.41, 5.74) is 0. The van der Waals surface area contributed by atoms with Crippen LogP contribution < -0.4 is 10.6 Å². The summed E-state index contributed by atoms with van der Waals surface area (Å²) in [6.07, 6.45) is 31.8. The van der Waals surface area contributed by atoms with Crippen molar-refractivity contribution >= 4 is 23.8 Å². The first-order valence-corrected chi connectivity index (χ1v) is 16.5. The van der Waals surface area contributed by atoms with Gasteiger partial charge < -0.3 is 25.6 Å². The Labute approximate surface area is 265 Å². The quantitative estimate of drug-likeness (QED) is 0.0447. The fourth-order valence-electron chi connectivity index (χ4n) is 4.21. The molecule has 0 saturated carbocycles. The number of hydrogen-bond acceptors (Lipinski definition) is 6. The van der Waals surface area contributed by atoms with Crippen LogP contribution in [0, 0.1) is 0 Å². The number of carbonyl (C=O) groups excluding carboxylic acids is 3. The van der Waals surface area contributed by atoms with Gasteiger partial charge in [0.1, 0.15) is 12.1 Å². The molecule has 0 radical (unpaired) electrons. The number of allylic oxidation sites excluding steroid dienone is 7. The molecule has 9 nitrogen and oxygen atoms in total. The van der Waals surface area contributed by atoms with E-state index in [1.165, 1.54) is 0 Å². The molecule has 0 aliphatic carbocycles. The van der Waals surface area contributed by atoms with Gasteiger partial charge in [-0.15, -0.1) is 0 Å². The van der Waals surface area contributed by atoms with E-state index in [1.54, 1.807) is 0 Å². The van der Waals surface area contributed by atoms with Crippen molar-refractivity contribution in [2.24, 2.45) is 0 Å². The molecular weight excluding hydrogens is 560 g/mol. The average molecular weight is 619 g/mol. The second kappa shape index (κ2) is 29.9. The summed E-state index contributed by atoms with van der Waals surface area (Å²) in [7, 11) is 0. The van der Waals surface area contributed by atoms with Crippen LogP contribution >= 0.6 is 0 Å². The Hall–Kier alpha value is -3.20. The number of unbranched alkanes of at least 4 members (excludes halogenated alkanes) is 8. The van der Waals surface area contributed by atoms with Crippen molar-refractivity contribution in [1.29, 1.82) is 0 Å². The summed E-state index contributed by atoms with van der Waals surface area (Å²) in [6, 6.07) is -1.39. The molecule has 0 aliphatic heterocycles. The van der Waals surface area contributed by atoms with Crippen molar-refractivity contribution in [1.82, 2.24) is 10.6 Å². The van der Waals surface area contributed by atoms with Crippen LogP contribution in [0.3, 0.4) is 0 Å². The molecule has 4 N–H and O–H groups in total. The summed E-state index contributed by atoms with van der Waals surface area (Å²) in [6.45, 7) is 3.22. The zero-order chi connectivity index (χ0) is 32.7. The number of nitrogens with one attached hydrogen (secondary N) is 2. The van der Waals surface area contributed by atoms with Crippen LogP contribution in [-0.4, -0.2) is 59.3 Å². The van der Waals surface area contributed by atoms with Gasteiger partial charge in [-0.05, 0) is 70.3 Å². The molecule has 250 valence electrons. The first-order valence-electron chi connectivity index (χ1n) is 16.5. The number of aliphatic hydroxyl groups is 1. The molecule has 0 aliphatic rings. The van der Waals surface area contributed by atoms with Crippen LogP contribution in [-0.2, 0) is 23.9 Å². The zero-order valence-electron chi connectivity index (χ0n) is 27.1. The maximum Gasteiger partial charge on any atom is 0.328 e. The monoisotopic (exact) mass is 618 g/mol. The number of ether oxygens (including phenoxy) is 1. The molecule has 2 amide bonds. The largest absolute Gasteiger partial charge is 0.480 e. The predicted octanol–water partition coefficient (Wildman–Crippen LogP) is 6.47. The van der Waals surface area contributed by atoms with E-state index >= 15 is 0 Å². The van der Waals surface area contributed by atoms with Crippen LogP contribution in [0.4, 0.5) is 0 Å². The van der Waals surface area contributed by atoms with Crippen LogP contribution in [0.15, 0.2) is 48.6 Å². The van der Waals surface area contributed by atoms with E-state index in [1.807, 2.05) is 6.08 Å². The number of aliphatic hydroxyl groups excluding tert-OH is 1. The molecule has 0 saturated heterocycles. The molecule has 0 aromatic rings. The molecule has 0 spiro atoms. The maximum atomic E-state index is 12.5. The van der Waals surface area contributed by atoms with E-state index < -0.39 is 24.5 Å². The van der Waals surface area contributed by atoms with E-state index in [0.717, 1.165) is 89.9 Å². The zero-order valence-corrected chi connectivity index (χ0v) is 27.1. The lowest BCUT2D eigenvalue weighted by Crippen LogP contribution is -2.47. The number of carboxylic acids is 1. The van der Waals surface area contributed by atoms with Crippen molar-refractivity contribution in [3.63, 3.8) is 0 Å². The van der Waals surface area contributed by atoms with E-state index in [2.05, 4.69) is 67.0 Å². The molecule has 0 fully saturated rings. The SMILES string of the molecule is CC/C=C\C/C=C\C/C=C\CCCCCC(=O)OC(/C=C\CCCC)CCCCCCC(=O)NCC(=O)NC(CO)C(=O)O.